The Morgan fingerprint density at radius 2 is 1.96 bits per heavy atom. The standard InChI is InChI=1S/C17H17N3O2S/c1-11(21)18-15-5-3-13(4-6-15)16-9-17(14-7-8-23-10-14)20(19-16)12(2)22/h3-8,10,17H,9H2,1-2H3,(H,18,21)/t17-/m1/s1. The minimum Gasteiger partial charge on any atom is -0.326 e. The van der Waals surface area contributed by atoms with Gasteiger partial charge in [-0.1, -0.05) is 12.1 Å². The van der Waals surface area contributed by atoms with E-state index in [0.29, 0.717) is 6.42 Å². The van der Waals surface area contributed by atoms with Crippen LogP contribution in [0, 0.1) is 0 Å². The number of nitrogens with one attached hydrogen (secondary N) is 1. The summed E-state index contributed by atoms with van der Waals surface area (Å²) in [6.07, 6.45) is 0.690. The summed E-state index contributed by atoms with van der Waals surface area (Å²) in [4.78, 5) is 22.9. The molecule has 23 heavy (non-hydrogen) atoms. The van der Waals surface area contributed by atoms with Crippen LogP contribution < -0.4 is 5.32 Å². The van der Waals surface area contributed by atoms with Crippen molar-refractivity contribution in [1.29, 1.82) is 0 Å². The van der Waals surface area contributed by atoms with E-state index in [0.717, 1.165) is 22.5 Å². The molecule has 1 aromatic heterocycles. The molecule has 2 aromatic rings. The Kier molecular flexibility index (Phi) is 4.25. The molecule has 3 rings (SSSR count). The zero-order valence-electron chi connectivity index (χ0n) is 12.9. The molecule has 1 aliphatic heterocycles. The second-order valence-corrected chi connectivity index (χ2v) is 6.23. The van der Waals surface area contributed by atoms with Crippen LogP contribution in [0.5, 0.6) is 0 Å². The molecular weight excluding hydrogens is 310 g/mol. The van der Waals surface area contributed by atoms with Crippen molar-refractivity contribution in [3.8, 4) is 0 Å². The molecule has 0 saturated carbocycles. The molecule has 0 unspecified atom stereocenters. The Morgan fingerprint density at radius 1 is 1.22 bits per heavy atom. The Hall–Kier alpha value is -2.47. The number of carbonyl (C=O) groups is 2. The molecule has 1 N–H and O–H groups in total. The molecule has 0 radical (unpaired) electrons. The van der Waals surface area contributed by atoms with Crippen molar-refractivity contribution in [1.82, 2.24) is 5.01 Å². The van der Waals surface area contributed by atoms with Crippen molar-refractivity contribution >= 4 is 34.6 Å². The molecule has 0 saturated heterocycles. The van der Waals surface area contributed by atoms with Gasteiger partial charge in [0.15, 0.2) is 0 Å². The lowest BCUT2D eigenvalue weighted by atomic mass is 10.0. The number of anilines is 1. The topological polar surface area (TPSA) is 61.8 Å². The molecule has 2 heterocycles. The molecule has 118 valence electrons. The average molecular weight is 327 g/mol. The summed E-state index contributed by atoms with van der Waals surface area (Å²) in [5.41, 5.74) is 3.70. The van der Waals surface area contributed by atoms with Crippen LogP contribution in [0.25, 0.3) is 0 Å². The van der Waals surface area contributed by atoms with E-state index in [1.54, 1.807) is 16.3 Å². The quantitative estimate of drug-likeness (QED) is 0.939. The van der Waals surface area contributed by atoms with Gasteiger partial charge in [-0.15, -0.1) is 0 Å². The van der Waals surface area contributed by atoms with Crippen molar-refractivity contribution in [2.75, 3.05) is 5.32 Å². The Bertz CT molecular complexity index is 751. The van der Waals surface area contributed by atoms with Gasteiger partial charge >= 0.3 is 0 Å². The fourth-order valence-electron chi connectivity index (χ4n) is 2.65. The lowest BCUT2D eigenvalue weighted by Gasteiger charge is -2.18. The molecule has 2 amide bonds. The van der Waals surface area contributed by atoms with Crippen LogP contribution in [-0.4, -0.2) is 22.5 Å². The maximum absolute atomic E-state index is 11.9. The van der Waals surface area contributed by atoms with Gasteiger partial charge in [-0.3, -0.25) is 9.59 Å². The maximum Gasteiger partial charge on any atom is 0.240 e. The fraction of sp³-hybridized carbons (Fsp3) is 0.235. The van der Waals surface area contributed by atoms with Crippen LogP contribution in [0.1, 0.15) is 37.4 Å². The lowest BCUT2D eigenvalue weighted by Crippen LogP contribution is -2.23. The largest absolute Gasteiger partial charge is 0.326 e. The second-order valence-electron chi connectivity index (χ2n) is 5.45. The highest BCUT2D eigenvalue weighted by molar-refractivity contribution is 7.08. The molecule has 1 atom stereocenters. The second kappa shape index (κ2) is 6.34. The number of rotatable bonds is 3. The Labute approximate surface area is 138 Å². The number of hydrogen-bond acceptors (Lipinski definition) is 4. The number of thiophene rings is 1. The number of hydrazone groups is 1. The van der Waals surface area contributed by atoms with Gasteiger partial charge in [-0.05, 0) is 40.1 Å². The first kappa shape index (κ1) is 15.4. The van der Waals surface area contributed by atoms with Crippen LogP contribution in [0.2, 0.25) is 0 Å². The van der Waals surface area contributed by atoms with Crippen LogP contribution in [0.4, 0.5) is 5.69 Å². The SMILES string of the molecule is CC(=O)Nc1ccc(C2=NN(C(C)=O)[C@@H](c3ccsc3)C2)cc1. The molecule has 0 bridgehead atoms. The van der Waals surface area contributed by atoms with E-state index in [2.05, 4.69) is 15.8 Å². The van der Waals surface area contributed by atoms with E-state index in [1.165, 1.54) is 13.8 Å². The van der Waals surface area contributed by atoms with Crippen LogP contribution >= 0.6 is 11.3 Å². The molecule has 1 aliphatic rings. The minimum absolute atomic E-state index is 0.0382. The van der Waals surface area contributed by atoms with Crippen LogP contribution in [0.3, 0.4) is 0 Å². The Morgan fingerprint density at radius 3 is 2.52 bits per heavy atom. The van der Waals surface area contributed by atoms with Crippen LogP contribution in [0.15, 0.2) is 46.2 Å². The van der Waals surface area contributed by atoms with E-state index >= 15 is 0 Å². The first-order chi connectivity index (χ1) is 11.0. The summed E-state index contributed by atoms with van der Waals surface area (Å²) < 4.78 is 0. The van der Waals surface area contributed by atoms with E-state index in [-0.39, 0.29) is 17.9 Å². The zero-order valence-corrected chi connectivity index (χ0v) is 13.8. The summed E-state index contributed by atoms with van der Waals surface area (Å²) in [6, 6.07) is 9.51. The van der Waals surface area contributed by atoms with Gasteiger partial charge in [0.1, 0.15) is 0 Å². The maximum atomic E-state index is 11.9. The minimum atomic E-state index is -0.101. The molecule has 0 spiro atoms. The van der Waals surface area contributed by atoms with E-state index in [9.17, 15) is 9.59 Å². The van der Waals surface area contributed by atoms with E-state index in [1.807, 2.05) is 35.7 Å². The van der Waals surface area contributed by atoms with Gasteiger partial charge in [0.2, 0.25) is 11.8 Å². The van der Waals surface area contributed by atoms with Gasteiger partial charge in [-0.25, -0.2) is 5.01 Å². The predicted octanol–water partition coefficient (Wildman–Crippen LogP) is 3.40. The molecular formula is C17H17N3O2S. The summed E-state index contributed by atoms with van der Waals surface area (Å²) in [5.74, 6) is -0.165. The summed E-state index contributed by atoms with van der Waals surface area (Å²) >= 11 is 1.62. The first-order valence-electron chi connectivity index (χ1n) is 7.32. The smallest absolute Gasteiger partial charge is 0.240 e. The number of nitrogens with zero attached hydrogens (tertiary/aromatic N) is 2. The number of benzene rings is 1. The molecule has 0 fully saturated rings. The number of carbonyl (C=O) groups excluding carboxylic acids is 2. The molecule has 1 aromatic carbocycles. The fourth-order valence-corrected chi connectivity index (χ4v) is 3.36. The van der Waals surface area contributed by atoms with Gasteiger partial charge in [0, 0.05) is 26.0 Å². The predicted molar refractivity (Wildman–Crippen MR) is 91.5 cm³/mol. The van der Waals surface area contributed by atoms with Crippen molar-refractivity contribution in [3.05, 3.63) is 52.2 Å². The van der Waals surface area contributed by atoms with Crippen molar-refractivity contribution in [3.63, 3.8) is 0 Å². The highest BCUT2D eigenvalue weighted by atomic mass is 32.1. The third-order valence-corrected chi connectivity index (χ3v) is 4.40. The summed E-state index contributed by atoms with van der Waals surface area (Å²) in [7, 11) is 0. The third kappa shape index (κ3) is 3.32. The molecule has 5 nitrogen and oxygen atoms in total. The summed E-state index contributed by atoms with van der Waals surface area (Å²) in [5, 5.41) is 12.9. The van der Waals surface area contributed by atoms with Gasteiger partial charge in [-0.2, -0.15) is 16.4 Å². The summed E-state index contributed by atoms with van der Waals surface area (Å²) in [6.45, 7) is 3.01. The van der Waals surface area contributed by atoms with Crippen molar-refractivity contribution < 1.29 is 9.59 Å². The van der Waals surface area contributed by atoms with Crippen molar-refractivity contribution in [2.45, 2.75) is 26.3 Å². The molecule has 0 aliphatic carbocycles. The first-order valence-corrected chi connectivity index (χ1v) is 8.26. The monoisotopic (exact) mass is 327 g/mol. The van der Waals surface area contributed by atoms with Gasteiger partial charge < -0.3 is 5.32 Å². The normalized spacial score (nSPS) is 17.0. The van der Waals surface area contributed by atoms with E-state index < -0.39 is 0 Å². The van der Waals surface area contributed by atoms with E-state index in [4.69, 9.17) is 0 Å². The van der Waals surface area contributed by atoms with Gasteiger partial charge in [0.05, 0.1) is 11.8 Å². The van der Waals surface area contributed by atoms with Gasteiger partial charge in [0.25, 0.3) is 0 Å². The number of amides is 2. The highest BCUT2D eigenvalue weighted by Crippen LogP contribution is 2.33. The van der Waals surface area contributed by atoms with Crippen molar-refractivity contribution in [2.24, 2.45) is 5.10 Å². The average Bonchev–Trinajstić information content (AvgIpc) is 3.16. The number of hydrogen-bond donors (Lipinski definition) is 1. The lowest BCUT2D eigenvalue weighted by molar-refractivity contribution is -0.130. The third-order valence-electron chi connectivity index (χ3n) is 3.70. The molecule has 6 heteroatoms. The Balaban J connectivity index is 1.84. The highest BCUT2D eigenvalue weighted by Gasteiger charge is 2.31. The van der Waals surface area contributed by atoms with Crippen LogP contribution in [-0.2, 0) is 9.59 Å². The zero-order chi connectivity index (χ0) is 16.4.